The fourth-order valence-corrected chi connectivity index (χ4v) is 7.59. The van der Waals surface area contributed by atoms with E-state index in [2.05, 4.69) is 0 Å². The van der Waals surface area contributed by atoms with Gasteiger partial charge in [0.05, 0.1) is 0 Å². The molecule has 0 radical (unpaired) electrons. The second-order valence-electron chi connectivity index (χ2n) is 6.15. The Kier molecular flexibility index (Phi) is 8.62. The quantitative estimate of drug-likeness (QED) is 0.536. The van der Waals surface area contributed by atoms with Crippen molar-refractivity contribution in [2.75, 3.05) is 0 Å². The Bertz CT molecular complexity index is 282. The topological polar surface area (TPSA) is 58.6 Å². The Morgan fingerprint density at radius 2 is 1.11 bits per heavy atom. The normalized spacial score (nSPS) is 13.9. The van der Waals surface area contributed by atoms with Crippen LogP contribution in [0.1, 0.15) is 27.7 Å². The first-order chi connectivity index (χ1) is 7.30. The van der Waals surface area contributed by atoms with Gasteiger partial charge in [0, 0.05) is 0 Å². The van der Waals surface area contributed by atoms with Gasteiger partial charge in [-0.15, -0.1) is 0 Å². The minimum Gasteiger partial charge on any atom is -0.757 e. The third-order valence-electron chi connectivity index (χ3n) is 3.47. The molecule has 0 saturated heterocycles. The molecule has 8 heteroatoms. The van der Waals surface area contributed by atoms with Gasteiger partial charge in [0.25, 0.3) is 0 Å². The van der Waals surface area contributed by atoms with E-state index < -0.39 is 24.5 Å². The second-order valence-corrected chi connectivity index (χ2v) is 17.2. The van der Waals surface area contributed by atoms with E-state index in [1.807, 2.05) is 53.9 Å². The average molecular weight is 304 g/mol. The Morgan fingerprint density at radius 1 is 0.889 bits per heavy atom. The average Bonchev–Trinajstić information content (AvgIpc) is 1.98. The molecule has 18 heavy (non-hydrogen) atoms. The fraction of sp³-hybridized carbons (Fsp3) is 1.00. The minimum atomic E-state index is -4.17. The molecule has 0 aliphatic heterocycles. The third-order valence-corrected chi connectivity index (χ3v) is 14.6. The van der Waals surface area contributed by atoms with Crippen LogP contribution in [-0.4, -0.2) is 16.6 Å². The molecular weight excluding hydrogens is 278 g/mol. The van der Waals surface area contributed by atoms with Crippen LogP contribution in [0, 0.1) is 0 Å². The summed E-state index contributed by atoms with van der Waals surface area (Å²) in [5.41, 5.74) is 0.467. The standard InChI is InChI=1S/C10H27O4PSi2.Li/c1-9(2)16(5,6)13-15(11,12)14-17(7,8)10(3)4;/h9-10H,1-8H3,(H,11,12);/q;+1/p-1. The molecule has 0 aliphatic rings. The molecule has 104 valence electrons. The predicted molar refractivity (Wildman–Crippen MR) is 74.9 cm³/mol. The molecule has 0 N–H and O–H groups in total. The first kappa shape index (κ1) is 21.4. The molecule has 0 heterocycles. The molecule has 0 saturated carbocycles. The monoisotopic (exact) mass is 304 g/mol. The smallest absolute Gasteiger partial charge is 0.757 e. The van der Waals surface area contributed by atoms with Crippen LogP contribution in [0.4, 0.5) is 0 Å². The van der Waals surface area contributed by atoms with Crippen LogP contribution >= 0.6 is 7.82 Å². The van der Waals surface area contributed by atoms with Crippen LogP contribution in [0.15, 0.2) is 0 Å². The molecule has 0 aromatic carbocycles. The van der Waals surface area contributed by atoms with Crippen molar-refractivity contribution in [3.8, 4) is 0 Å². The van der Waals surface area contributed by atoms with Crippen molar-refractivity contribution in [1.82, 2.24) is 0 Å². The summed E-state index contributed by atoms with van der Waals surface area (Å²) in [6, 6.07) is 0. The van der Waals surface area contributed by atoms with Crippen molar-refractivity contribution in [3.05, 3.63) is 0 Å². The first-order valence-electron chi connectivity index (χ1n) is 6.03. The summed E-state index contributed by atoms with van der Waals surface area (Å²) in [6.07, 6.45) is 0. The number of rotatable bonds is 6. The van der Waals surface area contributed by atoms with E-state index in [9.17, 15) is 9.46 Å². The largest absolute Gasteiger partial charge is 1.00 e. The second kappa shape index (κ2) is 7.24. The van der Waals surface area contributed by atoms with Gasteiger partial charge in [-0.2, -0.15) is 0 Å². The molecule has 0 spiro atoms. The van der Waals surface area contributed by atoms with Gasteiger partial charge in [-0.05, 0) is 37.3 Å². The van der Waals surface area contributed by atoms with Gasteiger partial charge < -0.3 is 13.3 Å². The maximum atomic E-state index is 11.9. The summed E-state index contributed by atoms with van der Waals surface area (Å²) in [5.74, 6) is 0. The predicted octanol–water partition coefficient (Wildman–Crippen LogP) is 0.722. The van der Waals surface area contributed by atoms with E-state index in [4.69, 9.17) is 8.43 Å². The summed E-state index contributed by atoms with van der Waals surface area (Å²) >= 11 is 0. The van der Waals surface area contributed by atoms with E-state index >= 15 is 0 Å². The van der Waals surface area contributed by atoms with Gasteiger partial charge >= 0.3 is 18.9 Å². The molecule has 0 amide bonds. The zero-order chi connectivity index (χ0) is 14.1. The Hall–Kier alpha value is 1.14. The zero-order valence-electron chi connectivity index (χ0n) is 13.2. The summed E-state index contributed by atoms with van der Waals surface area (Å²) < 4.78 is 22.6. The maximum absolute atomic E-state index is 11.9. The van der Waals surface area contributed by atoms with Crippen molar-refractivity contribution >= 4 is 24.5 Å². The molecule has 0 unspecified atom stereocenters. The van der Waals surface area contributed by atoms with Crippen LogP contribution in [0.25, 0.3) is 0 Å². The summed E-state index contributed by atoms with van der Waals surface area (Å²) in [5, 5.41) is 0. The zero-order valence-corrected chi connectivity index (χ0v) is 16.1. The number of phosphoric acid groups is 1. The van der Waals surface area contributed by atoms with Gasteiger partial charge in [-0.25, -0.2) is 0 Å². The van der Waals surface area contributed by atoms with Gasteiger partial charge in [0.2, 0.25) is 7.82 Å². The first-order valence-corrected chi connectivity index (χ1v) is 13.5. The molecule has 0 atom stereocenters. The van der Waals surface area contributed by atoms with Crippen LogP contribution in [0.3, 0.4) is 0 Å². The maximum Gasteiger partial charge on any atom is 1.00 e. The summed E-state index contributed by atoms with van der Waals surface area (Å²) in [7, 11) is -8.63. The molecule has 0 aromatic heterocycles. The van der Waals surface area contributed by atoms with Crippen LogP contribution in [-0.2, 0) is 13.0 Å². The van der Waals surface area contributed by atoms with E-state index in [1.54, 1.807) is 0 Å². The summed E-state index contributed by atoms with van der Waals surface area (Å²) in [6.45, 7) is 15.5. The molecule has 0 aromatic rings. The van der Waals surface area contributed by atoms with E-state index in [-0.39, 0.29) is 29.9 Å². The van der Waals surface area contributed by atoms with Gasteiger partial charge in [-0.1, -0.05) is 27.7 Å². The number of hydrogen-bond acceptors (Lipinski definition) is 4. The molecule has 0 fully saturated rings. The minimum absolute atomic E-state index is 0. The van der Waals surface area contributed by atoms with Gasteiger partial charge in [0.1, 0.15) is 0 Å². The van der Waals surface area contributed by atoms with Gasteiger partial charge in [0.15, 0.2) is 16.6 Å². The van der Waals surface area contributed by atoms with Crippen LogP contribution in [0.2, 0.25) is 37.3 Å². The van der Waals surface area contributed by atoms with Crippen LogP contribution < -0.4 is 23.8 Å². The Balaban J connectivity index is 0. The SMILES string of the molecule is CC(C)[Si](C)(C)OP(=O)([O-])O[Si](C)(C)C(C)C.[Li+]. The Morgan fingerprint density at radius 3 is 1.28 bits per heavy atom. The van der Waals surface area contributed by atoms with Crippen molar-refractivity contribution in [3.63, 3.8) is 0 Å². The molecule has 0 bridgehead atoms. The van der Waals surface area contributed by atoms with Crippen molar-refractivity contribution < 1.29 is 36.7 Å². The van der Waals surface area contributed by atoms with Crippen molar-refractivity contribution in [2.45, 2.75) is 65.0 Å². The van der Waals surface area contributed by atoms with Crippen LogP contribution in [0.5, 0.6) is 0 Å². The Labute approximate surface area is 126 Å². The van der Waals surface area contributed by atoms with Crippen molar-refractivity contribution in [1.29, 1.82) is 0 Å². The van der Waals surface area contributed by atoms with E-state index in [1.165, 1.54) is 0 Å². The molecule has 0 aliphatic carbocycles. The van der Waals surface area contributed by atoms with Crippen molar-refractivity contribution in [2.24, 2.45) is 0 Å². The summed E-state index contributed by atoms with van der Waals surface area (Å²) in [4.78, 5) is 11.9. The van der Waals surface area contributed by atoms with E-state index in [0.717, 1.165) is 0 Å². The third kappa shape index (κ3) is 7.07. The molecular formula is C10H26LiO4PSi2. The fourth-order valence-electron chi connectivity index (χ4n) is 0.806. The molecule has 4 nitrogen and oxygen atoms in total. The van der Waals surface area contributed by atoms with Gasteiger partial charge in [-0.3, -0.25) is 4.57 Å². The number of hydrogen-bond donors (Lipinski definition) is 0. The molecule has 0 rings (SSSR count). The van der Waals surface area contributed by atoms with E-state index in [0.29, 0.717) is 0 Å².